The van der Waals surface area contributed by atoms with Crippen molar-refractivity contribution in [1.82, 2.24) is 4.31 Å². The third kappa shape index (κ3) is 3.09. The van der Waals surface area contributed by atoms with Crippen LogP contribution in [0.15, 0.2) is 47.0 Å². The summed E-state index contributed by atoms with van der Waals surface area (Å²) in [5, 5.41) is 10.1. The molecule has 0 bridgehead atoms. The monoisotopic (exact) mass is 403 g/mol. The fourth-order valence-corrected chi connectivity index (χ4v) is 5.04. The number of ether oxygens (including phenoxy) is 2. The van der Waals surface area contributed by atoms with Gasteiger partial charge in [-0.05, 0) is 49.8 Å². The summed E-state index contributed by atoms with van der Waals surface area (Å²) in [7, 11) is -1.12. The van der Waals surface area contributed by atoms with Gasteiger partial charge in [0, 0.05) is 11.6 Å². The molecule has 0 aliphatic carbocycles. The molecular formula is C20H21NO6S. The first-order valence-corrected chi connectivity index (χ1v) is 10.0. The number of carbonyl (C=O) groups excluding carboxylic acids is 1. The van der Waals surface area contributed by atoms with E-state index in [0.29, 0.717) is 5.56 Å². The maximum atomic E-state index is 13.1. The number of phenols is 1. The van der Waals surface area contributed by atoms with Crippen LogP contribution < -0.4 is 9.47 Å². The first-order valence-electron chi connectivity index (χ1n) is 8.57. The predicted molar refractivity (Wildman–Crippen MR) is 104 cm³/mol. The topological polar surface area (TPSA) is 93.1 Å². The second-order valence-electron chi connectivity index (χ2n) is 6.52. The number of sulfonamides is 1. The lowest BCUT2D eigenvalue weighted by Crippen LogP contribution is -2.43. The maximum Gasteiger partial charge on any atom is 0.265 e. The number of hydrogen-bond donors (Lipinski definition) is 1. The number of carbonyl (C=O) groups is 1. The van der Waals surface area contributed by atoms with Gasteiger partial charge in [0.1, 0.15) is 5.70 Å². The summed E-state index contributed by atoms with van der Waals surface area (Å²) in [4.78, 5) is 13.1. The summed E-state index contributed by atoms with van der Waals surface area (Å²) in [6.07, 6.45) is 1.46. The average Bonchev–Trinajstić information content (AvgIpc) is 2.66. The molecule has 1 N–H and O–H groups in total. The highest BCUT2D eigenvalue weighted by Crippen LogP contribution is 2.39. The summed E-state index contributed by atoms with van der Waals surface area (Å²) in [5.74, 6) is -0.284. The van der Waals surface area contributed by atoms with Crippen LogP contribution in [0.25, 0.3) is 6.08 Å². The Bertz CT molecular complexity index is 1050. The lowest BCUT2D eigenvalue weighted by Gasteiger charge is -2.34. The van der Waals surface area contributed by atoms with Crippen molar-refractivity contribution in [2.24, 2.45) is 0 Å². The molecule has 8 heteroatoms. The Balaban J connectivity index is 2.27. The van der Waals surface area contributed by atoms with Gasteiger partial charge in [0.05, 0.1) is 19.1 Å². The lowest BCUT2D eigenvalue weighted by atomic mass is 10.0. The van der Waals surface area contributed by atoms with E-state index < -0.39 is 21.8 Å². The van der Waals surface area contributed by atoms with Crippen LogP contribution in [-0.2, 0) is 10.0 Å². The molecular weight excluding hydrogens is 382 g/mol. The van der Waals surface area contributed by atoms with Gasteiger partial charge in [-0.2, -0.15) is 0 Å². The molecule has 2 aromatic carbocycles. The Morgan fingerprint density at radius 1 is 1.07 bits per heavy atom. The molecule has 0 spiro atoms. The van der Waals surface area contributed by atoms with E-state index in [1.54, 1.807) is 26.0 Å². The van der Waals surface area contributed by atoms with Gasteiger partial charge in [0.15, 0.2) is 11.5 Å². The predicted octanol–water partition coefficient (Wildman–Crippen LogP) is 3.05. The fourth-order valence-electron chi connectivity index (χ4n) is 3.19. The first kappa shape index (κ1) is 19.8. The zero-order valence-corrected chi connectivity index (χ0v) is 16.8. The molecule has 0 atom stereocenters. The molecule has 0 radical (unpaired) electrons. The largest absolute Gasteiger partial charge is 0.502 e. The van der Waals surface area contributed by atoms with Crippen LogP contribution in [0.3, 0.4) is 0 Å². The van der Waals surface area contributed by atoms with Crippen LogP contribution in [-0.4, -0.2) is 43.9 Å². The van der Waals surface area contributed by atoms with Gasteiger partial charge in [-0.25, -0.2) is 8.42 Å². The Morgan fingerprint density at radius 2 is 1.64 bits per heavy atom. The molecule has 1 aliphatic heterocycles. The van der Waals surface area contributed by atoms with E-state index in [9.17, 15) is 18.3 Å². The van der Waals surface area contributed by atoms with E-state index >= 15 is 0 Å². The summed E-state index contributed by atoms with van der Waals surface area (Å²) in [6.45, 7) is 3.40. The van der Waals surface area contributed by atoms with Gasteiger partial charge in [-0.3, -0.25) is 9.10 Å². The number of hydrogen-bond acceptors (Lipinski definition) is 6. The molecule has 1 aliphatic rings. The molecule has 0 unspecified atom stereocenters. The van der Waals surface area contributed by atoms with Crippen molar-refractivity contribution < 1.29 is 27.8 Å². The first-order chi connectivity index (χ1) is 13.2. The molecule has 3 rings (SSSR count). The van der Waals surface area contributed by atoms with Crippen molar-refractivity contribution in [3.8, 4) is 17.2 Å². The van der Waals surface area contributed by atoms with Crippen molar-refractivity contribution >= 4 is 21.9 Å². The number of benzene rings is 2. The molecule has 0 fully saturated rings. The summed E-state index contributed by atoms with van der Waals surface area (Å²) in [5.41, 5.74) is 0.599. The number of ketones is 1. The van der Waals surface area contributed by atoms with E-state index in [1.807, 2.05) is 0 Å². The highest BCUT2D eigenvalue weighted by atomic mass is 32.2. The van der Waals surface area contributed by atoms with E-state index in [4.69, 9.17) is 9.47 Å². The minimum atomic E-state index is -3.89. The van der Waals surface area contributed by atoms with Crippen LogP contribution in [0.2, 0.25) is 0 Å². The fraction of sp³-hybridized carbons (Fsp3) is 0.250. The van der Waals surface area contributed by atoms with Gasteiger partial charge >= 0.3 is 0 Å². The summed E-state index contributed by atoms with van der Waals surface area (Å²) < 4.78 is 37.7. The quantitative estimate of drug-likeness (QED) is 0.789. The average molecular weight is 403 g/mol. The normalized spacial score (nSPS) is 17.0. The minimum absolute atomic E-state index is 0.00767. The SMILES string of the molecule is COc1cc(/C=C2\C(=O)c3ccccc3S(=O)(=O)N2C(C)C)cc(OC)c1O. The second-order valence-corrected chi connectivity index (χ2v) is 8.31. The van der Waals surface area contributed by atoms with Crippen LogP contribution in [0.1, 0.15) is 29.8 Å². The zero-order chi connectivity index (χ0) is 20.6. The molecule has 2 aromatic rings. The summed E-state index contributed by atoms with van der Waals surface area (Å²) in [6, 6.07) is 8.68. The molecule has 1 heterocycles. The number of methoxy groups -OCH3 is 2. The number of phenolic OH excluding ortho intramolecular Hbond substituents is 1. The van der Waals surface area contributed by atoms with Gasteiger partial charge < -0.3 is 14.6 Å². The molecule has 0 amide bonds. The number of nitrogens with zero attached hydrogens (tertiary/aromatic N) is 1. The van der Waals surface area contributed by atoms with Crippen LogP contribution >= 0.6 is 0 Å². The number of Topliss-reactive ketones (excluding diaryl/α,β-unsaturated/α-hetero) is 1. The minimum Gasteiger partial charge on any atom is -0.502 e. The standard InChI is InChI=1S/C20H21NO6S/c1-12(2)21-15(9-13-10-16(26-3)20(23)17(11-13)27-4)19(22)14-7-5-6-8-18(14)28(21,24)25/h5-12,23H,1-4H3/b15-9+. The van der Waals surface area contributed by atoms with Crippen LogP contribution in [0, 0.1) is 0 Å². The number of aromatic hydroxyl groups is 1. The molecule has 28 heavy (non-hydrogen) atoms. The Hall–Kier alpha value is -3.00. The Labute approximate surface area is 163 Å². The van der Waals surface area contributed by atoms with E-state index in [1.165, 1.54) is 44.6 Å². The molecule has 7 nitrogen and oxygen atoms in total. The van der Waals surface area contributed by atoms with Crippen LogP contribution in [0.4, 0.5) is 0 Å². The van der Waals surface area contributed by atoms with Crippen molar-refractivity contribution in [2.75, 3.05) is 14.2 Å². The molecule has 0 saturated heterocycles. The van der Waals surface area contributed by atoms with Gasteiger partial charge in [-0.1, -0.05) is 12.1 Å². The zero-order valence-electron chi connectivity index (χ0n) is 16.0. The summed E-state index contributed by atoms with van der Waals surface area (Å²) >= 11 is 0. The Morgan fingerprint density at radius 3 is 2.18 bits per heavy atom. The van der Waals surface area contributed by atoms with E-state index in [0.717, 1.165) is 4.31 Å². The van der Waals surface area contributed by atoms with Crippen molar-refractivity contribution in [3.05, 3.63) is 53.2 Å². The van der Waals surface area contributed by atoms with E-state index in [-0.39, 0.29) is 33.4 Å². The molecule has 0 aromatic heterocycles. The highest BCUT2D eigenvalue weighted by molar-refractivity contribution is 7.89. The van der Waals surface area contributed by atoms with E-state index in [2.05, 4.69) is 0 Å². The van der Waals surface area contributed by atoms with Gasteiger partial charge in [-0.15, -0.1) is 0 Å². The van der Waals surface area contributed by atoms with Gasteiger partial charge in [0.2, 0.25) is 11.5 Å². The van der Waals surface area contributed by atoms with Crippen molar-refractivity contribution in [2.45, 2.75) is 24.8 Å². The Kier molecular flexibility index (Phi) is 5.08. The van der Waals surface area contributed by atoms with Crippen molar-refractivity contribution in [3.63, 3.8) is 0 Å². The molecule has 148 valence electrons. The lowest BCUT2D eigenvalue weighted by molar-refractivity contribution is 0.0996. The third-order valence-corrected chi connectivity index (χ3v) is 6.46. The van der Waals surface area contributed by atoms with Crippen LogP contribution in [0.5, 0.6) is 17.2 Å². The number of allylic oxidation sites excluding steroid dienone is 1. The second kappa shape index (κ2) is 7.20. The number of fused-ring (bicyclic) bond motifs is 1. The number of rotatable bonds is 4. The third-order valence-electron chi connectivity index (χ3n) is 4.41. The van der Waals surface area contributed by atoms with Crippen molar-refractivity contribution in [1.29, 1.82) is 0 Å². The molecule has 0 saturated carbocycles. The maximum absolute atomic E-state index is 13.1. The highest BCUT2D eigenvalue weighted by Gasteiger charge is 2.40. The van der Waals surface area contributed by atoms with Gasteiger partial charge in [0.25, 0.3) is 10.0 Å². The smallest absolute Gasteiger partial charge is 0.265 e.